The number of rotatable bonds is 9. The summed E-state index contributed by atoms with van der Waals surface area (Å²) in [4.78, 5) is 8.06. The van der Waals surface area contributed by atoms with Crippen molar-refractivity contribution < 1.29 is 0 Å². The zero-order valence-corrected chi connectivity index (χ0v) is 22.1. The minimum absolute atomic E-state index is 0.333. The van der Waals surface area contributed by atoms with Crippen LogP contribution in [-0.4, -0.2) is 62.5 Å². The van der Waals surface area contributed by atoms with Gasteiger partial charge < -0.3 is 14.7 Å². The highest BCUT2D eigenvalue weighted by Crippen LogP contribution is 2.42. The fourth-order valence-corrected chi connectivity index (χ4v) is 5.20. The number of fused-ring (bicyclic) bond motifs is 1. The number of allylic oxidation sites excluding steroid dienone is 1. The first-order valence-electron chi connectivity index (χ1n) is 11.5. The first-order chi connectivity index (χ1) is 15.3. The molecule has 0 aliphatic carbocycles. The van der Waals surface area contributed by atoms with Crippen LogP contribution in [0.5, 0.6) is 0 Å². The standard InChI is InChI=1S/C23H29ClN2S.C4H11N/c1-5-17(2)26-15-21(20-14-23(24)27-22(20)16-26)19-12-7-6-10-18(19)11-8-9-13-25(3)4;1-4-5(2)3/h5-7,10,12,14,21H,1-2,8-9,11,13,15-16H2,3-4H3;4H2,1-3H3/t21-;/m0./s1. The van der Waals surface area contributed by atoms with Gasteiger partial charge in [-0.3, -0.25) is 0 Å². The van der Waals surface area contributed by atoms with Crippen LogP contribution in [0, 0.1) is 0 Å². The van der Waals surface area contributed by atoms with Crippen LogP contribution in [0.4, 0.5) is 0 Å². The Balaban J connectivity index is 0.000000654. The third-order valence-corrected chi connectivity index (χ3v) is 7.20. The van der Waals surface area contributed by atoms with E-state index >= 15 is 0 Å². The lowest BCUT2D eigenvalue weighted by Crippen LogP contribution is -2.32. The molecule has 0 N–H and O–H groups in total. The van der Waals surface area contributed by atoms with E-state index in [0.29, 0.717) is 5.92 Å². The van der Waals surface area contributed by atoms with Crippen molar-refractivity contribution in [1.29, 1.82) is 0 Å². The van der Waals surface area contributed by atoms with Crippen molar-refractivity contribution in [2.75, 3.05) is 47.8 Å². The maximum Gasteiger partial charge on any atom is 0.0934 e. The van der Waals surface area contributed by atoms with Gasteiger partial charge in [-0.05, 0) is 89.4 Å². The molecule has 3 nitrogen and oxygen atoms in total. The Hall–Kier alpha value is -1.59. The quantitative estimate of drug-likeness (QED) is 0.304. The number of thiophene rings is 1. The van der Waals surface area contributed by atoms with Crippen LogP contribution < -0.4 is 0 Å². The van der Waals surface area contributed by atoms with E-state index in [-0.39, 0.29) is 0 Å². The van der Waals surface area contributed by atoms with Gasteiger partial charge in [-0.15, -0.1) is 11.3 Å². The molecule has 0 unspecified atom stereocenters. The minimum Gasteiger partial charge on any atom is -0.366 e. The van der Waals surface area contributed by atoms with E-state index in [4.69, 9.17) is 11.6 Å². The molecule has 3 rings (SSSR count). The summed E-state index contributed by atoms with van der Waals surface area (Å²) >= 11 is 8.08. The first-order valence-corrected chi connectivity index (χ1v) is 12.7. The molecule has 2 aromatic rings. The van der Waals surface area contributed by atoms with Gasteiger partial charge >= 0.3 is 0 Å². The van der Waals surface area contributed by atoms with E-state index in [1.54, 1.807) is 11.3 Å². The van der Waals surface area contributed by atoms with Crippen molar-refractivity contribution in [2.24, 2.45) is 0 Å². The zero-order chi connectivity index (χ0) is 23.7. The molecule has 0 saturated heterocycles. The molecule has 176 valence electrons. The molecular formula is C27H40ClN3S. The molecule has 0 saturated carbocycles. The molecule has 1 atom stereocenters. The highest BCUT2D eigenvalue weighted by atomic mass is 35.5. The Morgan fingerprint density at radius 1 is 1.16 bits per heavy atom. The Morgan fingerprint density at radius 2 is 1.84 bits per heavy atom. The number of halogens is 1. The summed E-state index contributed by atoms with van der Waals surface area (Å²) in [7, 11) is 8.39. The smallest absolute Gasteiger partial charge is 0.0934 e. The fraction of sp³-hybridized carbons (Fsp3) is 0.481. The highest BCUT2D eigenvalue weighted by molar-refractivity contribution is 7.16. The number of hydrogen-bond donors (Lipinski definition) is 0. The van der Waals surface area contributed by atoms with Crippen molar-refractivity contribution in [3.63, 3.8) is 0 Å². The summed E-state index contributed by atoms with van der Waals surface area (Å²) in [5.41, 5.74) is 5.26. The monoisotopic (exact) mass is 473 g/mol. The molecule has 1 aliphatic heterocycles. The molecule has 0 amide bonds. The van der Waals surface area contributed by atoms with Crippen LogP contribution in [-0.2, 0) is 13.0 Å². The molecule has 0 spiro atoms. The normalized spacial score (nSPS) is 15.4. The second-order valence-corrected chi connectivity index (χ2v) is 10.7. The van der Waals surface area contributed by atoms with Crippen LogP contribution in [0.2, 0.25) is 4.34 Å². The predicted molar refractivity (Wildman–Crippen MR) is 143 cm³/mol. The maximum absolute atomic E-state index is 6.39. The Bertz CT molecular complexity index is 872. The van der Waals surface area contributed by atoms with Gasteiger partial charge in [0, 0.05) is 23.0 Å². The van der Waals surface area contributed by atoms with Gasteiger partial charge in [-0.2, -0.15) is 0 Å². The van der Waals surface area contributed by atoms with Crippen LogP contribution in [0.15, 0.2) is 55.3 Å². The number of nitrogens with zero attached hydrogens (tertiary/aromatic N) is 3. The lowest BCUT2D eigenvalue weighted by molar-refractivity contribution is 0.318. The highest BCUT2D eigenvalue weighted by Gasteiger charge is 2.30. The van der Waals surface area contributed by atoms with Crippen molar-refractivity contribution in [1.82, 2.24) is 14.7 Å². The Kier molecular flexibility index (Phi) is 11.0. The van der Waals surface area contributed by atoms with Crippen molar-refractivity contribution in [2.45, 2.75) is 38.6 Å². The summed E-state index contributed by atoms with van der Waals surface area (Å²) in [5, 5.41) is 0. The van der Waals surface area contributed by atoms with Crippen LogP contribution in [0.25, 0.3) is 0 Å². The van der Waals surface area contributed by atoms with E-state index in [2.05, 4.69) is 93.3 Å². The van der Waals surface area contributed by atoms with E-state index in [1.165, 1.54) is 34.4 Å². The second kappa shape index (κ2) is 13.2. The van der Waals surface area contributed by atoms with E-state index in [9.17, 15) is 0 Å². The van der Waals surface area contributed by atoms with Crippen LogP contribution in [0.1, 0.15) is 47.3 Å². The van der Waals surface area contributed by atoms with Gasteiger partial charge in [0.25, 0.3) is 0 Å². The number of unbranched alkanes of at least 4 members (excludes halogenated alkanes) is 1. The molecule has 1 aromatic carbocycles. The first kappa shape index (κ1) is 26.7. The average molecular weight is 474 g/mol. The van der Waals surface area contributed by atoms with Gasteiger partial charge in [0.1, 0.15) is 0 Å². The Labute approximate surface area is 205 Å². The summed E-state index contributed by atoms with van der Waals surface area (Å²) in [6, 6.07) is 11.1. The third kappa shape index (κ3) is 7.77. The summed E-state index contributed by atoms with van der Waals surface area (Å²) < 4.78 is 0.875. The molecule has 0 radical (unpaired) electrons. The summed E-state index contributed by atoms with van der Waals surface area (Å²) in [5.74, 6) is 0.333. The van der Waals surface area contributed by atoms with E-state index < -0.39 is 0 Å². The van der Waals surface area contributed by atoms with E-state index in [1.807, 2.05) is 6.08 Å². The summed E-state index contributed by atoms with van der Waals surface area (Å²) in [6.45, 7) is 14.3. The molecule has 32 heavy (non-hydrogen) atoms. The molecule has 1 aliphatic rings. The van der Waals surface area contributed by atoms with Crippen molar-refractivity contribution in [3.05, 3.63) is 81.2 Å². The Morgan fingerprint density at radius 3 is 2.47 bits per heavy atom. The molecular weight excluding hydrogens is 434 g/mol. The fourth-order valence-electron chi connectivity index (χ4n) is 3.84. The molecule has 2 heterocycles. The summed E-state index contributed by atoms with van der Waals surface area (Å²) in [6.07, 6.45) is 5.41. The van der Waals surface area contributed by atoms with Gasteiger partial charge in [0.15, 0.2) is 0 Å². The largest absolute Gasteiger partial charge is 0.366 e. The molecule has 5 heteroatoms. The molecule has 0 bridgehead atoms. The van der Waals surface area contributed by atoms with Gasteiger partial charge in [0.05, 0.1) is 10.9 Å². The lowest BCUT2D eigenvalue weighted by Gasteiger charge is -2.35. The average Bonchev–Trinajstić information content (AvgIpc) is 3.16. The third-order valence-electron chi connectivity index (χ3n) is 5.93. The van der Waals surface area contributed by atoms with Gasteiger partial charge in [-0.1, -0.05) is 55.9 Å². The molecule has 1 aromatic heterocycles. The van der Waals surface area contributed by atoms with Crippen LogP contribution in [0.3, 0.4) is 0 Å². The number of benzene rings is 1. The predicted octanol–water partition coefficient (Wildman–Crippen LogP) is 6.50. The van der Waals surface area contributed by atoms with Crippen molar-refractivity contribution >= 4 is 22.9 Å². The van der Waals surface area contributed by atoms with Crippen LogP contribution >= 0.6 is 22.9 Å². The van der Waals surface area contributed by atoms with E-state index in [0.717, 1.165) is 42.6 Å². The topological polar surface area (TPSA) is 9.72 Å². The second-order valence-electron chi connectivity index (χ2n) is 8.91. The minimum atomic E-state index is 0.333. The SMILES string of the molecule is C=CC(=C)N1Cc2sc(Cl)cc2[C@H](c2ccccc2CCCCN(C)C)C1.CCN(C)C. The molecule has 0 fully saturated rings. The lowest BCUT2D eigenvalue weighted by atomic mass is 9.84. The number of aryl methyl sites for hydroxylation is 1. The zero-order valence-electron chi connectivity index (χ0n) is 20.5. The van der Waals surface area contributed by atoms with Crippen molar-refractivity contribution in [3.8, 4) is 0 Å². The maximum atomic E-state index is 6.39. The number of hydrogen-bond acceptors (Lipinski definition) is 4. The van der Waals surface area contributed by atoms with Gasteiger partial charge in [-0.25, -0.2) is 0 Å². The van der Waals surface area contributed by atoms with Gasteiger partial charge in [0.2, 0.25) is 0 Å².